The van der Waals surface area contributed by atoms with Gasteiger partial charge in [0, 0.05) is 43.2 Å². The van der Waals surface area contributed by atoms with Crippen LogP contribution in [0.25, 0.3) is 16.6 Å². The van der Waals surface area contributed by atoms with E-state index in [1.807, 2.05) is 37.7 Å². The van der Waals surface area contributed by atoms with Gasteiger partial charge in [-0.25, -0.2) is 9.31 Å². The number of carbonyl (C=O) groups excluding carboxylic acids is 1. The summed E-state index contributed by atoms with van der Waals surface area (Å²) in [5, 5.41) is 28.1. The summed E-state index contributed by atoms with van der Waals surface area (Å²) in [7, 11) is 0. The molecule has 0 bridgehead atoms. The third kappa shape index (κ3) is 4.48. The Balaban J connectivity index is 1.46. The second-order valence-electron chi connectivity index (χ2n) is 8.96. The fraction of sp³-hybridized carbons (Fsp3) is 0.455. The number of pyridine rings is 1. The molecule has 4 rings (SSSR count). The fourth-order valence-electron chi connectivity index (χ4n) is 3.92. The first-order valence-corrected chi connectivity index (χ1v) is 10.3. The van der Waals surface area contributed by atoms with Crippen LogP contribution in [0.4, 0.5) is 4.79 Å². The lowest BCUT2D eigenvalue weighted by atomic mass is 9.98. The lowest BCUT2D eigenvalue weighted by molar-refractivity contribution is 0.0155. The summed E-state index contributed by atoms with van der Waals surface area (Å²) in [6.45, 7) is 7.66. The van der Waals surface area contributed by atoms with E-state index in [4.69, 9.17) is 10.00 Å². The van der Waals surface area contributed by atoms with Crippen molar-refractivity contribution < 1.29 is 14.6 Å². The molecule has 9 nitrogen and oxygen atoms in total. The molecule has 0 saturated carbocycles. The monoisotopic (exact) mass is 422 g/mol. The molecule has 1 aliphatic heterocycles. The Hall–Kier alpha value is -3.54. The van der Waals surface area contributed by atoms with Crippen LogP contribution < -0.4 is 0 Å². The zero-order chi connectivity index (χ0) is 22.2. The molecule has 1 N–H and O–H groups in total. The minimum Gasteiger partial charge on any atom is -0.506 e. The van der Waals surface area contributed by atoms with Crippen LogP contribution in [-0.4, -0.2) is 54.2 Å². The van der Waals surface area contributed by atoms with Crippen molar-refractivity contribution in [2.45, 2.75) is 45.8 Å². The highest BCUT2D eigenvalue weighted by atomic mass is 16.6. The van der Waals surface area contributed by atoms with Gasteiger partial charge in [0.2, 0.25) is 0 Å². The van der Waals surface area contributed by atoms with E-state index >= 15 is 0 Å². The number of aromatic hydroxyl groups is 1. The molecular formula is C22H26N6O3. The molecule has 0 aromatic carbocycles. The molecule has 0 aliphatic carbocycles. The van der Waals surface area contributed by atoms with E-state index in [2.05, 4.69) is 10.2 Å². The van der Waals surface area contributed by atoms with Gasteiger partial charge in [0.15, 0.2) is 0 Å². The Morgan fingerprint density at radius 2 is 2.10 bits per heavy atom. The minimum absolute atomic E-state index is 0.000386. The Bertz CT molecular complexity index is 1150. The molecule has 3 aromatic heterocycles. The van der Waals surface area contributed by atoms with Crippen LogP contribution in [-0.2, 0) is 11.3 Å². The third-order valence-electron chi connectivity index (χ3n) is 5.29. The summed E-state index contributed by atoms with van der Waals surface area (Å²) in [5.41, 5.74) is 1.81. The summed E-state index contributed by atoms with van der Waals surface area (Å²) >= 11 is 0. The molecular weight excluding hydrogens is 396 g/mol. The smallest absolute Gasteiger partial charge is 0.410 e. The van der Waals surface area contributed by atoms with Gasteiger partial charge in [-0.15, -0.1) is 0 Å². The third-order valence-corrected chi connectivity index (χ3v) is 5.29. The average molecular weight is 422 g/mol. The highest BCUT2D eigenvalue weighted by molar-refractivity contribution is 5.74. The first kappa shape index (κ1) is 20.7. The van der Waals surface area contributed by atoms with E-state index in [-0.39, 0.29) is 17.8 Å². The van der Waals surface area contributed by atoms with Crippen molar-refractivity contribution >= 4 is 11.6 Å². The molecule has 31 heavy (non-hydrogen) atoms. The first-order valence-electron chi connectivity index (χ1n) is 10.3. The van der Waals surface area contributed by atoms with Crippen LogP contribution in [0.2, 0.25) is 0 Å². The Morgan fingerprint density at radius 1 is 1.29 bits per heavy atom. The van der Waals surface area contributed by atoms with E-state index in [1.54, 1.807) is 23.4 Å². The summed E-state index contributed by atoms with van der Waals surface area (Å²) in [6, 6.07) is 3.64. The molecule has 1 atom stereocenters. The van der Waals surface area contributed by atoms with Crippen molar-refractivity contribution in [1.29, 1.82) is 5.26 Å². The Labute approximate surface area is 180 Å². The molecule has 1 saturated heterocycles. The zero-order valence-electron chi connectivity index (χ0n) is 17.9. The zero-order valence-corrected chi connectivity index (χ0v) is 17.9. The van der Waals surface area contributed by atoms with E-state index in [1.165, 1.54) is 10.7 Å². The Kier molecular flexibility index (Phi) is 5.31. The lowest BCUT2D eigenvalue weighted by Crippen LogP contribution is -2.43. The van der Waals surface area contributed by atoms with E-state index in [9.17, 15) is 9.90 Å². The number of amides is 1. The largest absolute Gasteiger partial charge is 0.506 e. The molecule has 0 spiro atoms. The van der Waals surface area contributed by atoms with Crippen molar-refractivity contribution in [3.8, 4) is 22.9 Å². The molecule has 0 radical (unpaired) electrons. The number of ether oxygens (including phenoxy) is 1. The van der Waals surface area contributed by atoms with Crippen molar-refractivity contribution in [3.63, 3.8) is 0 Å². The molecule has 4 heterocycles. The number of nitriles is 1. The van der Waals surface area contributed by atoms with Crippen LogP contribution in [0.1, 0.15) is 39.2 Å². The molecule has 1 aliphatic rings. The molecule has 9 heteroatoms. The van der Waals surface area contributed by atoms with Crippen molar-refractivity contribution in [3.05, 3.63) is 36.4 Å². The minimum atomic E-state index is -0.504. The average Bonchev–Trinajstić information content (AvgIpc) is 3.34. The highest BCUT2D eigenvalue weighted by Gasteiger charge is 2.28. The number of hydrogen-bond acceptors (Lipinski definition) is 6. The van der Waals surface area contributed by atoms with Crippen LogP contribution in [0.15, 0.2) is 30.9 Å². The molecule has 162 valence electrons. The van der Waals surface area contributed by atoms with Gasteiger partial charge in [-0.05, 0) is 45.6 Å². The SMILES string of the molecule is CC(C)(C)OC(=O)N1CCC[C@@H](Cn2cc(-c3cc(O)c4c(C#N)cnn4c3)cn2)C1. The summed E-state index contributed by atoms with van der Waals surface area (Å²) in [4.78, 5) is 14.2. The second kappa shape index (κ2) is 7.95. The number of hydrogen-bond donors (Lipinski definition) is 1. The standard InChI is InChI=1S/C22H26N6O3/c1-22(2,3)31-21(30)26-6-4-5-15(11-26)12-27-13-18(10-24-27)16-7-19(29)20-17(8-23)9-25-28(20)14-16/h7,9-10,13-15,29H,4-6,11-12H2,1-3H3/t15-/m1/s1. The molecule has 1 amide bonds. The maximum absolute atomic E-state index is 12.4. The summed E-state index contributed by atoms with van der Waals surface area (Å²) in [6.07, 6.45) is 8.54. The topological polar surface area (TPSA) is 109 Å². The lowest BCUT2D eigenvalue weighted by Gasteiger charge is -2.34. The van der Waals surface area contributed by atoms with Gasteiger partial charge < -0.3 is 14.7 Å². The van der Waals surface area contributed by atoms with E-state index in [0.29, 0.717) is 30.7 Å². The number of fused-ring (bicyclic) bond motifs is 1. The van der Waals surface area contributed by atoms with E-state index < -0.39 is 5.60 Å². The molecule has 1 fully saturated rings. The van der Waals surface area contributed by atoms with Gasteiger partial charge in [-0.3, -0.25) is 4.68 Å². The second-order valence-corrected chi connectivity index (χ2v) is 8.96. The normalized spacial score (nSPS) is 17.0. The Morgan fingerprint density at radius 3 is 2.84 bits per heavy atom. The predicted octanol–water partition coefficient (Wildman–Crippen LogP) is 3.42. The number of rotatable bonds is 3. The van der Waals surface area contributed by atoms with Gasteiger partial charge in [-0.1, -0.05) is 0 Å². The summed E-state index contributed by atoms with van der Waals surface area (Å²) < 4.78 is 8.87. The number of likely N-dealkylation sites (tertiary alicyclic amines) is 1. The molecule has 3 aromatic rings. The quantitative estimate of drug-likeness (QED) is 0.693. The van der Waals surface area contributed by atoms with Crippen molar-refractivity contribution in [1.82, 2.24) is 24.3 Å². The fourth-order valence-corrected chi connectivity index (χ4v) is 3.92. The maximum atomic E-state index is 12.4. The van der Waals surface area contributed by atoms with Gasteiger partial charge in [0.25, 0.3) is 0 Å². The van der Waals surface area contributed by atoms with Gasteiger partial charge in [-0.2, -0.15) is 15.5 Å². The van der Waals surface area contributed by atoms with Crippen LogP contribution in [0.3, 0.4) is 0 Å². The van der Waals surface area contributed by atoms with Crippen LogP contribution >= 0.6 is 0 Å². The predicted molar refractivity (Wildman–Crippen MR) is 113 cm³/mol. The summed E-state index contributed by atoms with van der Waals surface area (Å²) in [5.74, 6) is 0.286. The number of carbonyl (C=O) groups is 1. The van der Waals surface area contributed by atoms with Crippen LogP contribution in [0, 0.1) is 17.2 Å². The van der Waals surface area contributed by atoms with Gasteiger partial charge in [0.1, 0.15) is 28.5 Å². The van der Waals surface area contributed by atoms with Crippen molar-refractivity contribution in [2.24, 2.45) is 5.92 Å². The van der Waals surface area contributed by atoms with Gasteiger partial charge in [0.05, 0.1) is 12.4 Å². The van der Waals surface area contributed by atoms with Gasteiger partial charge >= 0.3 is 6.09 Å². The van der Waals surface area contributed by atoms with Crippen molar-refractivity contribution in [2.75, 3.05) is 13.1 Å². The molecule has 0 unspecified atom stereocenters. The maximum Gasteiger partial charge on any atom is 0.410 e. The van der Waals surface area contributed by atoms with Crippen LogP contribution in [0.5, 0.6) is 5.75 Å². The first-order chi connectivity index (χ1) is 14.7. The highest BCUT2D eigenvalue weighted by Crippen LogP contribution is 2.29. The number of nitrogens with zero attached hydrogens (tertiary/aromatic N) is 6. The number of aromatic nitrogens is 4. The number of piperidine rings is 1. The van der Waals surface area contributed by atoms with E-state index in [0.717, 1.165) is 24.0 Å².